The Bertz CT molecular complexity index is 1480. The molecular weight excluding hydrogens is 596 g/mol. The lowest BCUT2D eigenvalue weighted by atomic mass is 9.99. The van der Waals surface area contributed by atoms with Crippen LogP contribution in [0, 0.1) is 11.3 Å². The summed E-state index contributed by atoms with van der Waals surface area (Å²) in [4.78, 5) is 42.7. The van der Waals surface area contributed by atoms with Crippen LogP contribution >= 0.6 is 24.2 Å². The van der Waals surface area contributed by atoms with Crippen molar-refractivity contribution >= 4 is 47.5 Å². The molecule has 232 valence electrons. The van der Waals surface area contributed by atoms with E-state index < -0.39 is 0 Å². The van der Waals surface area contributed by atoms with Gasteiger partial charge in [-0.1, -0.05) is 36.4 Å². The largest absolute Gasteiger partial charge is 0.382 e. The number of pyridine rings is 1. The number of likely N-dealkylation sites (tertiary alicyclic amines) is 2. The van der Waals surface area contributed by atoms with Crippen molar-refractivity contribution < 1.29 is 9.59 Å². The molecule has 0 spiro atoms. The summed E-state index contributed by atoms with van der Waals surface area (Å²) >= 11 is 1.38. The van der Waals surface area contributed by atoms with Crippen LogP contribution in [-0.2, 0) is 21.8 Å². The molecule has 0 atom stereocenters. The maximum atomic E-state index is 13.0. The van der Waals surface area contributed by atoms with Crippen molar-refractivity contribution in [3.8, 4) is 17.3 Å². The lowest BCUT2D eigenvalue weighted by Crippen LogP contribution is -2.48. The molecule has 2 aromatic heterocycles. The number of rotatable bonds is 9. The summed E-state index contributed by atoms with van der Waals surface area (Å²) in [6, 6.07) is 15.7. The molecule has 2 saturated heterocycles. The van der Waals surface area contributed by atoms with Gasteiger partial charge >= 0.3 is 0 Å². The van der Waals surface area contributed by atoms with Gasteiger partial charge in [0, 0.05) is 55.2 Å². The second kappa shape index (κ2) is 15.8. The highest BCUT2D eigenvalue weighted by atomic mass is 35.5. The van der Waals surface area contributed by atoms with Crippen LogP contribution in [0.1, 0.15) is 62.4 Å². The Morgan fingerprint density at radius 3 is 2.39 bits per heavy atom. The number of aromatic nitrogens is 3. The molecule has 1 aromatic carbocycles. The van der Waals surface area contributed by atoms with Crippen molar-refractivity contribution in [3.63, 3.8) is 0 Å². The number of carbonyl (C=O) groups is 2. The number of carbonyl (C=O) groups excluding carboxylic acids is 2. The Balaban J connectivity index is 0.00000442. The van der Waals surface area contributed by atoms with Gasteiger partial charge in [-0.2, -0.15) is 5.26 Å². The Kier molecular flexibility index (Phi) is 11.9. The zero-order chi connectivity index (χ0) is 30.2. The zero-order valence-electron chi connectivity index (χ0n) is 25.0. The molecule has 4 heterocycles. The number of aryl methyl sites for hydroxylation is 1. The number of halogens is 1. The van der Waals surface area contributed by atoms with Crippen molar-refractivity contribution in [2.24, 2.45) is 0 Å². The lowest BCUT2D eigenvalue weighted by molar-refractivity contribution is -0.132. The highest BCUT2D eigenvalue weighted by Gasteiger charge is 2.27. The summed E-state index contributed by atoms with van der Waals surface area (Å²) in [5, 5.41) is 12.9. The van der Waals surface area contributed by atoms with E-state index in [1.54, 1.807) is 24.3 Å². The van der Waals surface area contributed by atoms with Crippen molar-refractivity contribution in [1.82, 2.24) is 24.8 Å². The minimum Gasteiger partial charge on any atom is -0.382 e. The highest BCUT2D eigenvalue weighted by Crippen LogP contribution is 2.29. The van der Waals surface area contributed by atoms with Gasteiger partial charge in [-0.05, 0) is 69.5 Å². The van der Waals surface area contributed by atoms with Gasteiger partial charge in [0.1, 0.15) is 17.5 Å². The van der Waals surface area contributed by atoms with Crippen molar-refractivity contribution in [1.29, 1.82) is 5.26 Å². The molecule has 0 aliphatic carbocycles. The van der Waals surface area contributed by atoms with E-state index in [0.717, 1.165) is 37.3 Å². The monoisotopic (exact) mass is 634 g/mol. The standard InChI is InChI=1S/C32H38N8O2S.ClH/c1-22(41)35-25-10-8-23(9-11-25)30-28(20-33)31(34)38-32(37-30)43-21-26-7-5-6-24(36-26)12-13-29(42)40-18-14-27(15-19-40)39-16-3-2-4-17-39;/h5-11,27H,2-4,12-19,21H2,1H3,(H,35,41)(H2,34,37,38);1H. The Morgan fingerprint density at radius 1 is 1.00 bits per heavy atom. The normalized spacial score (nSPS) is 15.7. The van der Waals surface area contributed by atoms with Crippen molar-refractivity contribution in [2.45, 2.75) is 68.8 Å². The van der Waals surface area contributed by atoms with Crippen LogP contribution in [0.4, 0.5) is 11.5 Å². The SMILES string of the molecule is CC(=O)Nc1ccc(-c2nc(SCc3cccc(CCC(=O)N4CCC(N5CCCCC5)CC4)n3)nc(N)c2C#N)cc1.Cl. The fourth-order valence-electron chi connectivity index (χ4n) is 5.80. The molecule has 0 radical (unpaired) electrons. The molecule has 2 fully saturated rings. The second-order valence-electron chi connectivity index (χ2n) is 11.1. The van der Waals surface area contributed by atoms with Gasteiger partial charge < -0.3 is 20.9 Å². The van der Waals surface area contributed by atoms with E-state index in [4.69, 9.17) is 10.7 Å². The van der Waals surface area contributed by atoms with E-state index >= 15 is 0 Å². The fraction of sp³-hybridized carbons (Fsp3) is 0.438. The minimum absolute atomic E-state index is 0. The smallest absolute Gasteiger partial charge is 0.222 e. The number of benzene rings is 1. The third kappa shape index (κ3) is 8.68. The zero-order valence-corrected chi connectivity index (χ0v) is 26.6. The van der Waals surface area contributed by atoms with Gasteiger partial charge in [0.15, 0.2) is 5.16 Å². The summed E-state index contributed by atoms with van der Waals surface area (Å²) in [5.41, 5.74) is 9.86. The summed E-state index contributed by atoms with van der Waals surface area (Å²) in [5.74, 6) is 0.666. The topological polar surface area (TPSA) is 141 Å². The number of piperidine rings is 2. The van der Waals surface area contributed by atoms with E-state index in [-0.39, 0.29) is 35.6 Å². The molecule has 5 rings (SSSR count). The number of nitrogens with two attached hydrogens (primary N) is 1. The number of hydrogen-bond acceptors (Lipinski definition) is 9. The average Bonchev–Trinajstić information content (AvgIpc) is 3.03. The van der Waals surface area contributed by atoms with Gasteiger partial charge in [-0.15, -0.1) is 12.4 Å². The molecule has 2 aliphatic rings. The number of nitrogens with one attached hydrogen (secondary N) is 1. The van der Waals surface area contributed by atoms with E-state index in [1.165, 1.54) is 51.0 Å². The fourth-order valence-corrected chi connectivity index (χ4v) is 6.56. The summed E-state index contributed by atoms with van der Waals surface area (Å²) < 4.78 is 0. The van der Waals surface area contributed by atoms with Crippen LogP contribution in [0.5, 0.6) is 0 Å². The van der Waals surface area contributed by atoms with Crippen molar-refractivity contribution in [3.05, 3.63) is 59.4 Å². The minimum atomic E-state index is -0.164. The third-order valence-corrected chi connectivity index (χ3v) is 8.92. The van der Waals surface area contributed by atoms with Crippen LogP contribution in [0.15, 0.2) is 47.6 Å². The predicted octanol–water partition coefficient (Wildman–Crippen LogP) is 5.07. The number of amides is 2. The molecule has 0 unspecified atom stereocenters. The van der Waals surface area contributed by atoms with E-state index in [1.807, 2.05) is 23.1 Å². The van der Waals surface area contributed by atoms with Crippen LogP contribution < -0.4 is 11.1 Å². The first kappa shape index (κ1) is 33.2. The first-order chi connectivity index (χ1) is 20.9. The second-order valence-corrected chi connectivity index (χ2v) is 12.0. The Labute approximate surface area is 269 Å². The number of anilines is 2. The number of thioether (sulfide) groups is 1. The molecule has 2 amide bonds. The van der Waals surface area contributed by atoms with Gasteiger partial charge in [0.25, 0.3) is 0 Å². The molecule has 0 saturated carbocycles. The molecule has 12 heteroatoms. The predicted molar refractivity (Wildman–Crippen MR) is 175 cm³/mol. The van der Waals surface area contributed by atoms with Gasteiger partial charge in [-0.3, -0.25) is 14.6 Å². The molecule has 0 bridgehead atoms. The van der Waals surface area contributed by atoms with E-state index in [9.17, 15) is 14.9 Å². The van der Waals surface area contributed by atoms with E-state index in [2.05, 4.69) is 26.3 Å². The molecule has 44 heavy (non-hydrogen) atoms. The molecule has 3 N–H and O–H groups in total. The van der Waals surface area contributed by atoms with E-state index in [0.29, 0.717) is 46.7 Å². The third-order valence-electron chi connectivity index (χ3n) is 8.04. The van der Waals surface area contributed by atoms with Crippen LogP contribution in [0.25, 0.3) is 11.3 Å². The van der Waals surface area contributed by atoms with Crippen LogP contribution in [0.3, 0.4) is 0 Å². The summed E-state index contributed by atoms with van der Waals surface area (Å²) in [6.07, 6.45) is 7.15. The first-order valence-electron chi connectivity index (χ1n) is 14.9. The summed E-state index contributed by atoms with van der Waals surface area (Å²) in [7, 11) is 0. The van der Waals surface area contributed by atoms with Gasteiger partial charge in [0.2, 0.25) is 11.8 Å². The number of hydrogen-bond donors (Lipinski definition) is 2. The number of nitrogens with zero attached hydrogens (tertiary/aromatic N) is 6. The first-order valence-corrected chi connectivity index (χ1v) is 15.9. The van der Waals surface area contributed by atoms with Crippen molar-refractivity contribution in [2.75, 3.05) is 37.2 Å². The maximum Gasteiger partial charge on any atom is 0.222 e. The quantitative estimate of drug-likeness (QED) is 0.244. The average molecular weight is 635 g/mol. The summed E-state index contributed by atoms with van der Waals surface area (Å²) in [6.45, 7) is 5.55. The van der Waals surface area contributed by atoms with Crippen LogP contribution in [-0.4, -0.2) is 68.8 Å². The Morgan fingerprint density at radius 2 is 1.70 bits per heavy atom. The van der Waals surface area contributed by atoms with Crippen LogP contribution in [0.2, 0.25) is 0 Å². The Hall–Kier alpha value is -3.72. The number of nitriles is 1. The number of nitrogen functional groups attached to an aromatic ring is 1. The molecular formula is C32H39ClN8O2S. The molecule has 3 aromatic rings. The highest BCUT2D eigenvalue weighted by molar-refractivity contribution is 7.98. The molecule has 10 nitrogen and oxygen atoms in total. The lowest BCUT2D eigenvalue weighted by Gasteiger charge is -2.40. The van der Waals surface area contributed by atoms with Gasteiger partial charge in [-0.25, -0.2) is 9.97 Å². The van der Waals surface area contributed by atoms with Gasteiger partial charge in [0.05, 0.1) is 11.4 Å². The molecule has 2 aliphatic heterocycles. The maximum absolute atomic E-state index is 13.0.